The number of carbonyl (C=O) groups excluding carboxylic acids is 2. The highest BCUT2D eigenvalue weighted by Crippen LogP contribution is 2.16. The number of thioether (sulfide) groups is 1. The van der Waals surface area contributed by atoms with Gasteiger partial charge in [0.25, 0.3) is 5.91 Å². The van der Waals surface area contributed by atoms with Crippen LogP contribution in [0.15, 0.2) is 47.4 Å². The first-order chi connectivity index (χ1) is 13.5. The molecule has 0 bridgehead atoms. The standard InChI is InChI=1S/C20H22N4O3S/c1-4-24-18-10-7-15(11-17(18)21-22-24)20(26)27-13-19(25)23(2)12-14-5-8-16(28-3)9-6-14/h5-11H,4,12-13H2,1-3H3. The number of nitrogens with zero attached hydrogens (tertiary/aromatic N) is 4. The maximum atomic E-state index is 12.3. The van der Waals surface area contributed by atoms with E-state index in [-0.39, 0.29) is 12.5 Å². The Balaban J connectivity index is 1.56. The monoisotopic (exact) mass is 398 g/mol. The van der Waals surface area contributed by atoms with Crippen LogP contribution in [-0.4, -0.2) is 51.7 Å². The second kappa shape index (κ2) is 8.88. The highest BCUT2D eigenvalue weighted by atomic mass is 32.2. The third-order valence-electron chi connectivity index (χ3n) is 4.38. The molecule has 1 amide bonds. The molecule has 0 unspecified atom stereocenters. The van der Waals surface area contributed by atoms with Crippen LogP contribution in [0.3, 0.4) is 0 Å². The van der Waals surface area contributed by atoms with Gasteiger partial charge in [0.1, 0.15) is 5.52 Å². The molecular formula is C20H22N4O3S. The third kappa shape index (κ3) is 4.51. The highest BCUT2D eigenvalue weighted by Gasteiger charge is 2.15. The number of aromatic nitrogens is 3. The molecule has 1 heterocycles. The van der Waals surface area contributed by atoms with Crippen molar-refractivity contribution in [3.05, 3.63) is 53.6 Å². The highest BCUT2D eigenvalue weighted by molar-refractivity contribution is 7.98. The van der Waals surface area contributed by atoms with Gasteiger partial charge in [-0.3, -0.25) is 4.79 Å². The number of fused-ring (bicyclic) bond motifs is 1. The second-order valence-corrected chi connectivity index (χ2v) is 7.16. The summed E-state index contributed by atoms with van der Waals surface area (Å²) in [5.41, 5.74) is 2.83. The van der Waals surface area contributed by atoms with Gasteiger partial charge < -0.3 is 9.64 Å². The van der Waals surface area contributed by atoms with Crippen molar-refractivity contribution in [2.24, 2.45) is 0 Å². The van der Waals surface area contributed by atoms with Crippen molar-refractivity contribution in [1.82, 2.24) is 19.9 Å². The molecule has 0 spiro atoms. The summed E-state index contributed by atoms with van der Waals surface area (Å²) in [7, 11) is 1.69. The molecule has 3 rings (SSSR count). The van der Waals surface area contributed by atoms with Gasteiger partial charge in [-0.25, -0.2) is 9.48 Å². The van der Waals surface area contributed by atoms with Crippen molar-refractivity contribution in [3.8, 4) is 0 Å². The van der Waals surface area contributed by atoms with Crippen LogP contribution in [0.4, 0.5) is 0 Å². The zero-order valence-electron chi connectivity index (χ0n) is 16.1. The number of benzene rings is 2. The summed E-state index contributed by atoms with van der Waals surface area (Å²) in [5.74, 6) is -0.820. The first kappa shape index (κ1) is 19.9. The SMILES string of the molecule is CCn1nnc2cc(C(=O)OCC(=O)N(C)Cc3ccc(SC)cc3)ccc21. The second-order valence-electron chi connectivity index (χ2n) is 6.28. The predicted octanol–water partition coefficient (Wildman–Crippen LogP) is 2.99. The van der Waals surface area contributed by atoms with Crippen LogP contribution in [-0.2, 0) is 22.6 Å². The van der Waals surface area contributed by atoms with Crippen molar-refractivity contribution in [1.29, 1.82) is 0 Å². The van der Waals surface area contributed by atoms with Crippen LogP contribution in [0.2, 0.25) is 0 Å². The summed E-state index contributed by atoms with van der Waals surface area (Å²) in [6.07, 6.45) is 2.02. The van der Waals surface area contributed by atoms with Crippen LogP contribution < -0.4 is 0 Å². The number of esters is 1. The third-order valence-corrected chi connectivity index (χ3v) is 5.12. The Kier molecular flexibility index (Phi) is 6.30. The van der Waals surface area contributed by atoms with Crippen molar-refractivity contribution in [3.63, 3.8) is 0 Å². The molecule has 0 aliphatic heterocycles. The summed E-state index contributed by atoms with van der Waals surface area (Å²) >= 11 is 1.67. The Morgan fingerprint density at radius 2 is 1.93 bits per heavy atom. The molecule has 28 heavy (non-hydrogen) atoms. The molecule has 0 saturated carbocycles. The van der Waals surface area contributed by atoms with Crippen molar-refractivity contribution < 1.29 is 14.3 Å². The summed E-state index contributed by atoms with van der Waals surface area (Å²) in [4.78, 5) is 27.3. The number of aryl methyl sites for hydroxylation is 1. The van der Waals surface area contributed by atoms with Crippen molar-refractivity contribution in [2.75, 3.05) is 19.9 Å². The molecule has 0 saturated heterocycles. The summed E-state index contributed by atoms with van der Waals surface area (Å²) < 4.78 is 6.92. The van der Waals surface area contributed by atoms with Crippen LogP contribution >= 0.6 is 11.8 Å². The predicted molar refractivity (Wildman–Crippen MR) is 108 cm³/mol. The lowest BCUT2D eigenvalue weighted by molar-refractivity contribution is -0.133. The number of likely N-dealkylation sites (N-methyl/N-ethyl adjacent to an activating group) is 1. The van der Waals surface area contributed by atoms with E-state index < -0.39 is 5.97 Å². The van der Waals surface area contributed by atoms with Gasteiger partial charge in [-0.2, -0.15) is 0 Å². The van der Waals surface area contributed by atoms with Gasteiger partial charge in [-0.15, -0.1) is 16.9 Å². The number of hydrogen-bond donors (Lipinski definition) is 0. The maximum Gasteiger partial charge on any atom is 0.338 e. The molecule has 146 valence electrons. The minimum absolute atomic E-state index is 0.264. The van der Waals surface area contributed by atoms with E-state index in [0.717, 1.165) is 11.1 Å². The molecule has 0 aliphatic rings. The van der Waals surface area contributed by atoms with E-state index in [1.807, 2.05) is 37.4 Å². The number of carbonyl (C=O) groups is 2. The molecule has 0 aliphatic carbocycles. The molecule has 0 radical (unpaired) electrons. The average molecular weight is 398 g/mol. The van der Waals surface area contributed by atoms with Gasteiger partial charge >= 0.3 is 5.97 Å². The lowest BCUT2D eigenvalue weighted by Gasteiger charge is -2.17. The van der Waals surface area contributed by atoms with E-state index in [2.05, 4.69) is 10.3 Å². The fourth-order valence-electron chi connectivity index (χ4n) is 2.75. The Hall–Kier alpha value is -2.87. The smallest absolute Gasteiger partial charge is 0.338 e. The lowest BCUT2D eigenvalue weighted by atomic mass is 10.2. The quantitative estimate of drug-likeness (QED) is 0.450. The molecule has 0 atom stereocenters. The number of hydrogen-bond acceptors (Lipinski definition) is 6. The normalized spacial score (nSPS) is 10.8. The van der Waals surface area contributed by atoms with E-state index in [4.69, 9.17) is 4.74 Å². The molecule has 0 fully saturated rings. The van der Waals surface area contributed by atoms with E-state index in [0.29, 0.717) is 24.2 Å². The zero-order chi connectivity index (χ0) is 20.1. The molecule has 8 heteroatoms. The Morgan fingerprint density at radius 3 is 2.61 bits per heavy atom. The van der Waals surface area contributed by atoms with Gasteiger partial charge in [-0.05, 0) is 49.1 Å². The molecule has 1 aromatic heterocycles. The largest absolute Gasteiger partial charge is 0.452 e. The van der Waals surface area contributed by atoms with Gasteiger partial charge in [0, 0.05) is 25.0 Å². The fourth-order valence-corrected chi connectivity index (χ4v) is 3.15. The van der Waals surface area contributed by atoms with Crippen LogP contribution in [0.1, 0.15) is 22.8 Å². The van der Waals surface area contributed by atoms with Gasteiger partial charge in [0.05, 0.1) is 11.1 Å². The van der Waals surface area contributed by atoms with Crippen LogP contribution in [0.5, 0.6) is 0 Å². The Labute approximate surface area is 167 Å². The Bertz CT molecular complexity index is 985. The van der Waals surface area contributed by atoms with E-state index in [9.17, 15) is 9.59 Å². The minimum atomic E-state index is -0.556. The summed E-state index contributed by atoms with van der Waals surface area (Å²) in [5, 5.41) is 8.06. The molecule has 7 nitrogen and oxygen atoms in total. The first-order valence-corrected chi connectivity index (χ1v) is 10.1. The maximum absolute atomic E-state index is 12.3. The Morgan fingerprint density at radius 1 is 1.18 bits per heavy atom. The van der Waals surface area contributed by atoms with E-state index in [1.165, 1.54) is 9.80 Å². The molecule has 0 N–H and O–H groups in total. The molecule has 2 aromatic carbocycles. The van der Waals surface area contributed by atoms with E-state index in [1.54, 1.807) is 41.7 Å². The lowest BCUT2D eigenvalue weighted by Crippen LogP contribution is -2.30. The van der Waals surface area contributed by atoms with Gasteiger partial charge in [-0.1, -0.05) is 17.3 Å². The van der Waals surface area contributed by atoms with Gasteiger partial charge in [0.15, 0.2) is 6.61 Å². The van der Waals surface area contributed by atoms with Crippen LogP contribution in [0.25, 0.3) is 11.0 Å². The average Bonchev–Trinajstić information content (AvgIpc) is 3.14. The zero-order valence-corrected chi connectivity index (χ0v) is 16.9. The van der Waals surface area contributed by atoms with Gasteiger partial charge in [0.2, 0.25) is 0 Å². The summed E-state index contributed by atoms with van der Waals surface area (Å²) in [6, 6.07) is 13.1. The minimum Gasteiger partial charge on any atom is -0.452 e. The summed E-state index contributed by atoms with van der Waals surface area (Å²) in [6.45, 7) is 2.81. The van der Waals surface area contributed by atoms with Crippen molar-refractivity contribution >= 4 is 34.7 Å². The molecular weight excluding hydrogens is 376 g/mol. The number of ether oxygens (including phenoxy) is 1. The fraction of sp³-hybridized carbons (Fsp3) is 0.300. The van der Waals surface area contributed by atoms with Crippen LogP contribution in [0, 0.1) is 0 Å². The first-order valence-electron chi connectivity index (χ1n) is 8.89. The topological polar surface area (TPSA) is 77.3 Å². The number of amides is 1. The van der Waals surface area contributed by atoms with Crippen molar-refractivity contribution in [2.45, 2.75) is 24.9 Å². The molecule has 3 aromatic rings. The number of rotatable bonds is 7. The van der Waals surface area contributed by atoms with E-state index >= 15 is 0 Å².